The number of thioether (sulfide) groups is 1. The van der Waals surface area contributed by atoms with E-state index >= 15 is 0 Å². The fourth-order valence-corrected chi connectivity index (χ4v) is 4.15. The van der Waals surface area contributed by atoms with Gasteiger partial charge in [-0.3, -0.25) is 0 Å². The van der Waals surface area contributed by atoms with Crippen LogP contribution in [0.2, 0.25) is 0 Å². The monoisotopic (exact) mass is 356 g/mol. The van der Waals surface area contributed by atoms with Crippen molar-refractivity contribution in [3.63, 3.8) is 0 Å². The van der Waals surface area contributed by atoms with Crippen LogP contribution < -0.4 is 0 Å². The van der Waals surface area contributed by atoms with Crippen molar-refractivity contribution in [3.05, 3.63) is 71.8 Å². The predicted octanol–water partition coefficient (Wildman–Crippen LogP) is 3.96. The van der Waals surface area contributed by atoms with Crippen LogP contribution in [0.5, 0.6) is 0 Å². The van der Waals surface area contributed by atoms with Crippen LogP contribution in [0.15, 0.2) is 60.7 Å². The normalized spacial score (nSPS) is 22.4. The number of ether oxygens (including phenoxy) is 2. The highest BCUT2D eigenvalue weighted by molar-refractivity contribution is 8.00. The summed E-state index contributed by atoms with van der Waals surface area (Å²) in [5.74, 6) is -0.626. The van der Waals surface area contributed by atoms with E-state index in [9.17, 15) is 9.59 Å². The van der Waals surface area contributed by atoms with Crippen molar-refractivity contribution in [2.24, 2.45) is 0 Å². The lowest BCUT2D eigenvalue weighted by Crippen LogP contribution is -2.24. The fraction of sp³-hybridized carbons (Fsp3) is 0.300. The van der Waals surface area contributed by atoms with E-state index in [4.69, 9.17) is 9.47 Å². The van der Waals surface area contributed by atoms with Gasteiger partial charge in [-0.2, -0.15) is 0 Å². The Morgan fingerprint density at radius 2 is 1.52 bits per heavy atom. The van der Waals surface area contributed by atoms with Crippen molar-refractivity contribution in [1.29, 1.82) is 0 Å². The third-order valence-corrected chi connectivity index (χ3v) is 5.55. The van der Waals surface area contributed by atoms with Crippen LogP contribution in [0.4, 0.5) is 0 Å². The molecule has 1 aliphatic rings. The summed E-state index contributed by atoms with van der Waals surface area (Å²) in [5, 5.41) is 0.310. The molecule has 1 saturated heterocycles. The van der Waals surface area contributed by atoms with Crippen LogP contribution in [0.1, 0.15) is 34.1 Å². The minimum absolute atomic E-state index is 0.135. The van der Waals surface area contributed by atoms with Crippen LogP contribution in [0.3, 0.4) is 0 Å². The molecule has 3 rings (SSSR count). The van der Waals surface area contributed by atoms with E-state index < -0.39 is 0 Å². The number of carbonyl (C=O) groups excluding carboxylic acids is 2. The average Bonchev–Trinajstić information content (AvgIpc) is 3.00. The number of hydrogen-bond acceptors (Lipinski definition) is 5. The van der Waals surface area contributed by atoms with E-state index in [1.807, 2.05) is 43.3 Å². The van der Waals surface area contributed by atoms with E-state index in [-0.39, 0.29) is 28.5 Å². The van der Waals surface area contributed by atoms with Gasteiger partial charge < -0.3 is 9.47 Å². The van der Waals surface area contributed by atoms with Gasteiger partial charge in [-0.1, -0.05) is 36.4 Å². The van der Waals surface area contributed by atoms with Gasteiger partial charge in [0.2, 0.25) is 0 Å². The zero-order chi connectivity index (χ0) is 17.6. The molecule has 1 fully saturated rings. The molecular formula is C20H20O4S. The molecule has 4 nitrogen and oxygen atoms in total. The number of esters is 2. The Morgan fingerprint density at radius 3 is 2.12 bits per heavy atom. The summed E-state index contributed by atoms with van der Waals surface area (Å²) in [7, 11) is 0. The van der Waals surface area contributed by atoms with Crippen LogP contribution in [0, 0.1) is 0 Å². The highest BCUT2D eigenvalue weighted by atomic mass is 32.2. The van der Waals surface area contributed by atoms with Crippen molar-refractivity contribution in [2.45, 2.75) is 29.9 Å². The fourth-order valence-electron chi connectivity index (χ4n) is 2.75. The third kappa shape index (κ3) is 4.63. The summed E-state index contributed by atoms with van der Waals surface area (Å²) >= 11 is 1.69. The molecular weight excluding hydrogens is 336 g/mol. The van der Waals surface area contributed by atoms with Crippen molar-refractivity contribution in [2.75, 3.05) is 6.61 Å². The number of benzene rings is 2. The quantitative estimate of drug-likeness (QED) is 0.759. The van der Waals surface area contributed by atoms with Gasteiger partial charge >= 0.3 is 11.9 Å². The first kappa shape index (κ1) is 17.5. The largest absolute Gasteiger partial charge is 0.461 e. The maximum absolute atomic E-state index is 12.2. The van der Waals surface area contributed by atoms with Crippen molar-refractivity contribution >= 4 is 23.7 Å². The third-order valence-electron chi connectivity index (χ3n) is 4.10. The first-order valence-electron chi connectivity index (χ1n) is 8.27. The molecule has 0 bridgehead atoms. The molecule has 0 aromatic heterocycles. The molecule has 2 unspecified atom stereocenters. The zero-order valence-corrected chi connectivity index (χ0v) is 14.8. The molecule has 0 aliphatic carbocycles. The Kier molecular flexibility index (Phi) is 5.76. The smallest absolute Gasteiger partial charge is 0.338 e. The van der Waals surface area contributed by atoms with E-state index in [1.54, 1.807) is 36.0 Å². The molecule has 2 aromatic rings. The lowest BCUT2D eigenvalue weighted by atomic mass is 10.1. The molecule has 1 heterocycles. The Hall–Kier alpha value is -2.27. The Balaban J connectivity index is 1.50. The van der Waals surface area contributed by atoms with E-state index in [0.717, 1.165) is 0 Å². The van der Waals surface area contributed by atoms with Crippen molar-refractivity contribution in [3.8, 4) is 0 Å². The molecule has 0 spiro atoms. The number of hydrogen-bond donors (Lipinski definition) is 0. The second-order valence-electron chi connectivity index (χ2n) is 5.97. The van der Waals surface area contributed by atoms with Gasteiger partial charge in [0.15, 0.2) is 0 Å². The molecule has 0 amide bonds. The number of carbonyl (C=O) groups is 2. The molecule has 3 atom stereocenters. The van der Waals surface area contributed by atoms with Gasteiger partial charge in [0.1, 0.15) is 12.7 Å². The van der Waals surface area contributed by atoms with Crippen LogP contribution >= 0.6 is 11.8 Å². The zero-order valence-electron chi connectivity index (χ0n) is 14.0. The first-order chi connectivity index (χ1) is 12.1. The summed E-state index contributed by atoms with van der Waals surface area (Å²) in [6.45, 7) is 2.36. The van der Waals surface area contributed by atoms with Crippen LogP contribution in [0.25, 0.3) is 0 Å². The molecule has 2 aromatic carbocycles. The number of rotatable bonds is 5. The highest BCUT2D eigenvalue weighted by Gasteiger charge is 2.35. The Bertz CT molecular complexity index is 717. The van der Waals surface area contributed by atoms with Gasteiger partial charge in [0, 0.05) is 16.9 Å². The van der Waals surface area contributed by atoms with E-state index in [2.05, 4.69) is 0 Å². The minimum atomic E-state index is -0.321. The minimum Gasteiger partial charge on any atom is -0.461 e. The first-order valence-corrected chi connectivity index (χ1v) is 9.21. The van der Waals surface area contributed by atoms with Crippen LogP contribution in [-0.4, -0.2) is 35.1 Å². The van der Waals surface area contributed by atoms with E-state index in [0.29, 0.717) is 24.2 Å². The van der Waals surface area contributed by atoms with Gasteiger partial charge in [-0.05, 0) is 31.2 Å². The average molecular weight is 356 g/mol. The van der Waals surface area contributed by atoms with Gasteiger partial charge in [-0.15, -0.1) is 11.8 Å². The van der Waals surface area contributed by atoms with Gasteiger partial charge in [0.05, 0.1) is 11.1 Å². The Labute approximate surface area is 151 Å². The SMILES string of the molecule is CC1S[C@@H](COC(=O)c2ccccc2)CC1OC(=O)c1ccccc1. The standard InChI is InChI=1S/C20H20O4S/c1-14-18(24-20(22)16-10-6-3-7-11-16)12-17(25-14)13-23-19(21)15-8-4-2-5-9-15/h2-11,14,17-18H,12-13H2,1H3/t14?,17-,18?/m1/s1. The summed E-state index contributed by atoms with van der Waals surface area (Å²) in [4.78, 5) is 24.2. The summed E-state index contributed by atoms with van der Waals surface area (Å²) < 4.78 is 11.0. The lowest BCUT2D eigenvalue weighted by Gasteiger charge is -2.15. The summed E-state index contributed by atoms with van der Waals surface area (Å²) in [5.41, 5.74) is 1.10. The van der Waals surface area contributed by atoms with Crippen molar-refractivity contribution in [1.82, 2.24) is 0 Å². The topological polar surface area (TPSA) is 52.6 Å². The maximum atomic E-state index is 12.2. The van der Waals surface area contributed by atoms with Gasteiger partial charge in [-0.25, -0.2) is 9.59 Å². The highest BCUT2D eigenvalue weighted by Crippen LogP contribution is 2.36. The molecule has 5 heteroatoms. The molecule has 1 aliphatic heterocycles. The molecule has 130 valence electrons. The lowest BCUT2D eigenvalue weighted by molar-refractivity contribution is 0.0278. The molecule has 0 N–H and O–H groups in total. The molecule has 0 radical (unpaired) electrons. The molecule has 0 saturated carbocycles. The van der Waals surface area contributed by atoms with Crippen LogP contribution in [-0.2, 0) is 9.47 Å². The second-order valence-corrected chi connectivity index (χ2v) is 7.66. The summed E-state index contributed by atoms with van der Waals surface area (Å²) in [6, 6.07) is 17.9. The molecule has 25 heavy (non-hydrogen) atoms. The second kappa shape index (κ2) is 8.21. The summed E-state index contributed by atoms with van der Waals surface area (Å²) in [6.07, 6.45) is 0.519. The van der Waals surface area contributed by atoms with Gasteiger partial charge in [0.25, 0.3) is 0 Å². The maximum Gasteiger partial charge on any atom is 0.338 e. The predicted molar refractivity (Wildman–Crippen MR) is 97.8 cm³/mol. The van der Waals surface area contributed by atoms with Crippen molar-refractivity contribution < 1.29 is 19.1 Å². The Morgan fingerprint density at radius 1 is 0.960 bits per heavy atom. The van der Waals surface area contributed by atoms with E-state index in [1.165, 1.54) is 0 Å².